The van der Waals surface area contributed by atoms with Gasteiger partial charge in [0.25, 0.3) is 5.91 Å². The number of carbonyl (C=O) groups excluding carboxylic acids is 2. The van der Waals surface area contributed by atoms with Gasteiger partial charge in [0.15, 0.2) is 0 Å². The van der Waals surface area contributed by atoms with Crippen LogP contribution in [0.4, 0.5) is 4.79 Å². The van der Waals surface area contributed by atoms with E-state index < -0.39 is 21.6 Å². The standard InChI is InChI=1S/C26H28N4O4S/c1-26(23-13-7-11-21-10-5-6-12-22(21)23)24(31)30(25(32)27-26)19-28-14-16-29(17-15-28)35(33,34)18-20-8-3-2-4-9-20/h2-13H,14-19H2,1H3,(H,27,32)/t26-/m0/s1. The van der Waals surface area contributed by atoms with Crippen molar-refractivity contribution in [1.29, 1.82) is 0 Å². The van der Waals surface area contributed by atoms with Crippen LogP contribution < -0.4 is 5.32 Å². The average Bonchev–Trinajstić information content (AvgIpc) is 3.08. The minimum atomic E-state index is -3.44. The zero-order chi connectivity index (χ0) is 24.6. The molecular formula is C26H28N4O4S. The molecule has 2 heterocycles. The molecule has 1 N–H and O–H groups in total. The van der Waals surface area contributed by atoms with E-state index >= 15 is 0 Å². The molecule has 0 bridgehead atoms. The van der Waals surface area contributed by atoms with Gasteiger partial charge in [-0.1, -0.05) is 72.8 Å². The van der Waals surface area contributed by atoms with E-state index in [2.05, 4.69) is 5.32 Å². The number of sulfonamides is 1. The summed E-state index contributed by atoms with van der Waals surface area (Å²) in [6.07, 6.45) is 0. The molecule has 3 amide bonds. The van der Waals surface area contributed by atoms with Crippen LogP contribution in [-0.4, -0.2) is 67.3 Å². The van der Waals surface area contributed by atoms with Crippen molar-refractivity contribution in [2.75, 3.05) is 32.8 Å². The summed E-state index contributed by atoms with van der Waals surface area (Å²) in [5.74, 6) is -0.345. The maximum Gasteiger partial charge on any atom is 0.326 e. The molecule has 8 nitrogen and oxygen atoms in total. The van der Waals surface area contributed by atoms with Gasteiger partial charge < -0.3 is 5.32 Å². The van der Waals surface area contributed by atoms with Gasteiger partial charge in [-0.25, -0.2) is 18.1 Å². The molecule has 0 aliphatic carbocycles. The van der Waals surface area contributed by atoms with Crippen LogP contribution in [0.1, 0.15) is 18.1 Å². The van der Waals surface area contributed by atoms with E-state index in [0.717, 1.165) is 21.9 Å². The smallest absolute Gasteiger partial charge is 0.319 e. The Hall–Kier alpha value is -3.27. The van der Waals surface area contributed by atoms with Crippen molar-refractivity contribution in [1.82, 2.24) is 19.4 Å². The third-order valence-electron chi connectivity index (χ3n) is 6.86. The molecule has 2 saturated heterocycles. The first-order chi connectivity index (χ1) is 16.8. The third kappa shape index (κ3) is 4.42. The normalized spacial score (nSPS) is 22.0. The number of piperazine rings is 1. The van der Waals surface area contributed by atoms with E-state index in [4.69, 9.17) is 0 Å². The van der Waals surface area contributed by atoms with Crippen molar-refractivity contribution < 1.29 is 18.0 Å². The van der Waals surface area contributed by atoms with Gasteiger partial charge >= 0.3 is 6.03 Å². The average molecular weight is 493 g/mol. The Labute approximate surface area is 205 Å². The molecule has 0 aromatic heterocycles. The molecule has 3 aromatic rings. The Morgan fingerprint density at radius 1 is 0.857 bits per heavy atom. The van der Waals surface area contributed by atoms with Gasteiger partial charge in [0.1, 0.15) is 5.54 Å². The van der Waals surface area contributed by atoms with E-state index in [1.54, 1.807) is 19.1 Å². The second-order valence-corrected chi connectivity index (χ2v) is 11.2. The fraction of sp³-hybridized carbons (Fsp3) is 0.308. The largest absolute Gasteiger partial charge is 0.326 e. The quantitative estimate of drug-likeness (QED) is 0.535. The van der Waals surface area contributed by atoms with Gasteiger partial charge in [-0.3, -0.25) is 9.69 Å². The monoisotopic (exact) mass is 492 g/mol. The van der Waals surface area contributed by atoms with Crippen molar-refractivity contribution in [2.24, 2.45) is 0 Å². The van der Waals surface area contributed by atoms with Gasteiger partial charge in [0, 0.05) is 26.2 Å². The van der Waals surface area contributed by atoms with Gasteiger partial charge in [-0.2, -0.15) is 4.31 Å². The number of urea groups is 1. The van der Waals surface area contributed by atoms with E-state index in [1.165, 1.54) is 9.21 Å². The van der Waals surface area contributed by atoms with Crippen LogP contribution in [0.3, 0.4) is 0 Å². The maximum absolute atomic E-state index is 13.5. The number of benzene rings is 3. The van der Waals surface area contributed by atoms with Crippen LogP contribution in [0.25, 0.3) is 10.8 Å². The molecule has 0 unspecified atom stereocenters. The summed E-state index contributed by atoms with van der Waals surface area (Å²) in [5.41, 5.74) is 0.342. The third-order valence-corrected chi connectivity index (χ3v) is 8.71. The number of nitrogens with one attached hydrogen (secondary N) is 1. The van der Waals surface area contributed by atoms with Crippen LogP contribution in [0.15, 0.2) is 72.8 Å². The minimum absolute atomic E-state index is 0.0375. The van der Waals surface area contributed by atoms with Crippen molar-refractivity contribution >= 4 is 32.7 Å². The van der Waals surface area contributed by atoms with Crippen LogP contribution in [0, 0.1) is 0 Å². The Kier molecular flexibility index (Phi) is 6.08. The Morgan fingerprint density at radius 2 is 1.51 bits per heavy atom. The summed E-state index contributed by atoms with van der Waals surface area (Å²) in [6.45, 7) is 3.38. The van der Waals surface area contributed by atoms with Gasteiger partial charge in [0.05, 0.1) is 12.4 Å². The van der Waals surface area contributed by atoms with E-state index in [9.17, 15) is 18.0 Å². The molecule has 2 aliphatic heterocycles. The lowest BCUT2D eigenvalue weighted by atomic mass is 9.88. The maximum atomic E-state index is 13.5. The fourth-order valence-electron chi connectivity index (χ4n) is 4.89. The number of hydrogen-bond donors (Lipinski definition) is 1. The van der Waals surface area contributed by atoms with Crippen molar-refractivity contribution in [2.45, 2.75) is 18.2 Å². The summed E-state index contributed by atoms with van der Waals surface area (Å²) >= 11 is 0. The van der Waals surface area contributed by atoms with Gasteiger partial charge in [0.2, 0.25) is 10.0 Å². The molecule has 5 rings (SSSR count). The molecule has 0 spiro atoms. The molecule has 0 saturated carbocycles. The fourth-order valence-corrected chi connectivity index (χ4v) is 6.41. The molecule has 3 aromatic carbocycles. The summed E-state index contributed by atoms with van der Waals surface area (Å²) in [7, 11) is -3.44. The molecule has 9 heteroatoms. The molecule has 182 valence electrons. The minimum Gasteiger partial charge on any atom is -0.319 e. The topological polar surface area (TPSA) is 90.0 Å². The zero-order valence-corrected chi connectivity index (χ0v) is 20.4. The molecular weight excluding hydrogens is 464 g/mol. The summed E-state index contributed by atoms with van der Waals surface area (Å²) < 4.78 is 27.2. The van der Waals surface area contributed by atoms with E-state index in [0.29, 0.717) is 26.2 Å². The second-order valence-electron chi connectivity index (χ2n) is 9.22. The Balaban J connectivity index is 1.26. The number of fused-ring (bicyclic) bond motifs is 1. The summed E-state index contributed by atoms with van der Waals surface area (Å²) in [4.78, 5) is 29.5. The SMILES string of the molecule is C[C@@]1(c2cccc3ccccc23)NC(=O)N(CN2CCN(S(=O)(=O)Cc3ccccc3)CC2)C1=O. The lowest BCUT2D eigenvalue weighted by molar-refractivity contribution is -0.132. The first kappa shape index (κ1) is 23.5. The molecule has 2 aliphatic rings. The Morgan fingerprint density at radius 3 is 2.26 bits per heavy atom. The first-order valence-corrected chi connectivity index (χ1v) is 13.3. The molecule has 1 atom stereocenters. The van der Waals surface area contributed by atoms with E-state index in [-0.39, 0.29) is 18.3 Å². The van der Waals surface area contributed by atoms with Crippen molar-refractivity contribution in [3.63, 3.8) is 0 Å². The number of imide groups is 1. The highest BCUT2D eigenvalue weighted by Crippen LogP contribution is 2.34. The van der Waals surface area contributed by atoms with Crippen molar-refractivity contribution in [3.05, 3.63) is 83.9 Å². The predicted molar refractivity (Wildman–Crippen MR) is 134 cm³/mol. The number of hydrogen-bond acceptors (Lipinski definition) is 5. The molecule has 0 radical (unpaired) electrons. The van der Waals surface area contributed by atoms with Crippen LogP contribution in [-0.2, 0) is 26.1 Å². The highest BCUT2D eigenvalue weighted by atomic mass is 32.2. The highest BCUT2D eigenvalue weighted by molar-refractivity contribution is 7.88. The highest BCUT2D eigenvalue weighted by Gasteiger charge is 2.50. The zero-order valence-electron chi connectivity index (χ0n) is 19.6. The second kappa shape index (κ2) is 9.07. The molecule has 35 heavy (non-hydrogen) atoms. The van der Waals surface area contributed by atoms with E-state index in [1.807, 2.05) is 65.6 Å². The van der Waals surface area contributed by atoms with Crippen LogP contribution in [0.5, 0.6) is 0 Å². The Bertz CT molecular complexity index is 1370. The van der Waals surface area contributed by atoms with Gasteiger partial charge in [-0.15, -0.1) is 0 Å². The summed E-state index contributed by atoms with van der Waals surface area (Å²) in [5, 5.41) is 4.81. The predicted octanol–water partition coefficient (Wildman–Crippen LogP) is 2.71. The van der Waals surface area contributed by atoms with Crippen LogP contribution in [0.2, 0.25) is 0 Å². The van der Waals surface area contributed by atoms with Crippen LogP contribution >= 0.6 is 0 Å². The lowest BCUT2D eigenvalue weighted by Crippen LogP contribution is -2.53. The van der Waals surface area contributed by atoms with Gasteiger partial charge in [-0.05, 0) is 28.8 Å². The number of carbonyl (C=O) groups is 2. The number of amides is 3. The number of nitrogens with zero attached hydrogens (tertiary/aromatic N) is 3. The summed E-state index contributed by atoms with van der Waals surface area (Å²) in [6, 6.07) is 22.2. The number of rotatable bonds is 6. The lowest BCUT2D eigenvalue weighted by Gasteiger charge is -2.35. The van der Waals surface area contributed by atoms with Crippen molar-refractivity contribution in [3.8, 4) is 0 Å². The first-order valence-electron chi connectivity index (χ1n) is 11.6. The molecule has 2 fully saturated rings.